The minimum absolute atomic E-state index is 0.0465. The molecule has 3 aromatic carbocycles. The molecule has 0 aliphatic carbocycles. The molecule has 11 nitrogen and oxygen atoms in total. The number of nitrogens with one attached hydrogen (secondary N) is 3. The van der Waals surface area contributed by atoms with Gasteiger partial charge in [-0.05, 0) is 68.1 Å². The van der Waals surface area contributed by atoms with E-state index in [0.717, 1.165) is 45.1 Å². The summed E-state index contributed by atoms with van der Waals surface area (Å²) in [6.07, 6.45) is 1.13. The van der Waals surface area contributed by atoms with Gasteiger partial charge in [0, 0.05) is 43.3 Å². The summed E-state index contributed by atoms with van der Waals surface area (Å²) in [5.74, 6) is -0.0428. The number of hydrogen-bond acceptors (Lipinski definition) is 8. The van der Waals surface area contributed by atoms with Crippen molar-refractivity contribution in [1.29, 1.82) is 0 Å². The third-order valence-corrected chi connectivity index (χ3v) is 11.3. The number of likely N-dealkylation sites (tertiary alicyclic amines) is 1. The first-order valence-corrected chi connectivity index (χ1v) is 18.3. The highest BCUT2D eigenvalue weighted by Gasteiger charge is 2.32. The minimum Gasteiger partial charge on any atom is -0.465 e. The van der Waals surface area contributed by atoms with Crippen LogP contribution in [0.25, 0.3) is 11.0 Å². The number of carboxylic acid groups (broad SMARTS) is 1. The number of nitrogens with zero attached hydrogens (tertiary/aromatic N) is 3. The van der Waals surface area contributed by atoms with Crippen molar-refractivity contribution in [3.63, 3.8) is 0 Å². The van der Waals surface area contributed by atoms with Crippen LogP contribution in [0, 0.1) is 11.8 Å². The standard InChI is InChI=1S/C36H48N6O5S/c1-25(2)34(38-30-14-8-7-13-29(30)33(43)26(3)24-37-36(44)45)48(46,47)28-15-16-31-32(23-28)40-35(39-31)42(22-21-41-18-9-10-19-41)20-17-27-11-5-4-6-12-27/h4-8,11-16,23,25-26,33-34,37-38,43H,9-10,17-22,24H2,1-3H3,(H,39,40)(H,44,45). The average molecular weight is 677 g/mol. The Hall–Kier alpha value is -4.13. The lowest BCUT2D eigenvalue weighted by atomic mass is 9.95. The molecule has 0 bridgehead atoms. The molecule has 0 saturated carbocycles. The van der Waals surface area contributed by atoms with Gasteiger partial charge in [-0.15, -0.1) is 0 Å². The van der Waals surface area contributed by atoms with E-state index in [1.807, 2.05) is 32.0 Å². The van der Waals surface area contributed by atoms with Gasteiger partial charge in [-0.25, -0.2) is 18.2 Å². The summed E-state index contributed by atoms with van der Waals surface area (Å²) in [5.41, 5.74) is 3.57. The van der Waals surface area contributed by atoms with Crippen LogP contribution in [0.2, 0.25) is 0 Å². The summed E-state index contributed by atoms with van der Waals surface area (Å²) < 4.78 is 28.4. The second-order valence-electron chi connectivity index (χ2n) is 13.1. The molecule has 2 heterocycles. The molecule has 258 valence electrons. The Morgan fingerprint density at radius 1 is 1.00 bits per heavy atom. The first kappa shape index (κ1) is 35.2. The average Bonchev–Trinajstić information content (AvgIpc) is 3.76. The number of anilines is 2. The topological polar surface area (TPSA) is 151 Å². The lowest BCUT2D eigenvalue weighted by molar-refractivity contribution is 0.116. The van der Waals surface area contributed by atoms with E-state index >= 15 is 0 Å². The van der Waals surface area contributed by atoms with Crippen molar-refractivity contribution in [2.45, 2.75) is 56.4 Å². The summed E-state index contributed by atoms with van der Waals surface area (Å²) in [7, 11) is -3.90. The lowest BCUT2D eigenvalue weighted by Crippen LogP contribution is -2.35. The minimum atomic E-state index is -3.90. The predicted molar refractivity (Wildman–Crippen MR) is 190 cm³/mol. The Morgan fingerprint density at radius 2 is 1.71 bits per heavy atom. The van der Waals surface area contributed by atoms with Gasteiger partial charge < -0.3 is 35.6 Å². The van der Waals surface area contributed by atoms with Gasteiger partial charge in [-0.2, -0.15) is 0 Å². The Kier molecular flexibility index (Phi) is 11.6. The monoisotopic (exact) mass is 676 g/mol. The van der Waals surface area contributed by atoms with Crippen LogP contribution in [0.4, 0.5) is 16.4 Å². The zero-order chi connectivity index (χ0) is 34.3. The molecular formula is C36H48N6O5S. The fourth-order valence-corrected chi connectivity index (χ4v) is 8.09. The zero-order valence-corrected chi connectivity index (χ0v) is 28.8. The molecule has 1 aliphatic heterocycles. The Morgan fingerprint density at radius 3 is 2.42 bits per heavy atom. The van der Waals surface area contributed by atoms with E-state index in [4.69, 9.17) is 10.1 Å². The lowest BCUT2D eigenvalue weighted by Gasteiger charge is -2.27. The van der Waals surface area contributed by atoms with Crippen LogP contribution in [0.1, 0.15) is 50.8 Å². The van der Waals surface area contributed by atoms with E-state index < -0.39 is 33.3 Å². The van der Waals surface area contributed by atoms with E-state index in [9.17, 15) is 18.3 Å². The quantitative estimate of drug-likeness (QED) is 0.103. The van der Waals surface area contributed by atoms with Crippen molar-refractivity contribution in [3.05, 3.63) is 83.9 Å². The van der Waals surface area contributed by atoms with Crippen LogP contribution in [-0.2, 0) is 16.3 Å². The van der Waals surface area contributed by atoms with Crippen molar-refractivity contribution >= 4 is 38.6 Å². The van der Waals surface area contributed by atoms with Crippen LogP contribution in [0.3, 0.4) is 0 Å². The Bertz CT molecular complexity index is 1760. The molecule has 3 atom stereocenters. The number of para-hydroxylation sites is 1. The van der Waals surface area contributed by atoms with E-state index in [1.165, 1.54) is 18.4 Å². The normalized spacial score (nSPS) is 15.8. The van der Waals surface area contributed by atoms with Gasteiger partial charge in [0.1, 0.15) is 5.37 Å². The third-order valence-electron chi connectivity index (χ3n) is 9.10. The maximum Gasteiger partial charge on any atom is 0.404 e. The van der Waals surface area contributed by atoms with Crippen molar-refractivity contribution in [2.24, 2.45) is 11.8 Å². The maximum absolute atomic E-state index is 14.2. The number of rotatable bonds is 16. The number of fused-ring (bicyclic) bond motifs is 1. The number of amides is 1. The SMILES string of the molecule is CC(C)C(Nc1ccccc1C(O)C(C)CNC(=O)O)S(=O)(=O)c1ccc2nc(N(CCc3ccccc3)CCN3CCCC3)[nH]c2c1. The molecule has 0 spiro atoms. The number of aliphatic hydroxyl groups excluding tert-OH is 1. The van der Waals surface area contributed by atoms with Gasteiger partial charge in [-0.1, -0.05) is 69.3 Å². The number of aromatic nitrogens is 2. The molecule has 1 fully saturated rings. The molecule has 4 aromatic rings. The van der Waals surface area contributed by atoms with Crippen LogP contribution in [-0.4, -0.2) is 84.2 Å². The van der Waals surface area contributed by atoms with Crippen LogP contribution < -0.4 is 15.5 Å². The van der Waals surface area contributed by atoms with Crippen molar-refractivity contribution in [1.82, 2.24) is 20.2 Å². The number of aromatic amines is 1. The smallest absolute Gasteiger partial charge is 0.404 e. The Labute approximate surface area is 283 Å². The molecule has 12 heteroatoms. The van der Waals surface area contributed by atoms with Crippen LogP contribution in [0.15, 0.2) is 77.7 Å². The van der Waals surface area contributed by atoms with Crippen LogP contribution >= 0.6 is 0 Å². The molecule has 1 aromatic heterocycles. The molecule has 1 saturated heterocycles. The molecular weight excluding hydrogens is 628 g/mol. The number of aliphatic hydroxyl groups is 1. The highest BCUT2D eigenvalue weighted by atomic mass is 32.2. The van der Waals surface area contributed by atoms with E-state index in [0.29, 0.717) is 22.3 Å². The number of imidazole rings is 1. The number of carbonyl (C=O) groups is 1. The molecule has 0 radical (unpaired) electrons. The van der Waals surface area contributed by atoms with Gasteiger partial charge in [0.15, 0.2) is 9.84 Å². The second-order valence-corrected chi connectivity index (χ2v) is 15.1. The number of H-pyrrole nitrogens is 1. The van der Waals surface area contributed by atoms with Crippen molar-refractivity contribution in [3.8, 4) is 0 Å². The molecule has 48 heavy (non-hydrogen) atoms. The second kappa shape index (κ2) is 15.8. The number of benzene rings is 3. The van der Waals surface area contributed by atoms with Crippen LogP contribution in [0.5, 0.6) is 0 Å². The number of hydrogen-bond donors (Lipinski definition) is 5. The molecule has 5 N–H and O–H groups in total. The van der Waals surface area contributed by atoms with Crippen molar-refractivity contribution < 1.29 is 23.4 Å². The van der Waals surface area contributed by atoms with Gasteiger partial charge in [0.25, 0.3) is 0 Å². The largest absolute Gasteiger partial charge is 0.465 e. The summed E-state index contributed by atoms with van der Waals surface area (Å²) in [4.78, 5) is 24.2. The highest BCUT2D eigenvalue weighted by molar-refractivity contribution is 7.92. The summed E-state index contributed by atoms with van der Waals surface area (Å²) in [5, 5.41) is 24.6. The predicted octanol–water partition coefficient (Wildman–Crippen LogP) is 5.51. The molecule has 5 rings (SSSR count). The molecule has 1 amide bonds. The van der Waals surface area contributed by atoms with E-state index in [2.05, 4.69) is 37.6 Å². The zero-order valence-electron chi connectivity index (χ0n) is 28.0. The van der Waals surface area contributed by atoms with Gasteiger partial charge in [-0.3, -0.25) is 0 Å². The fraction of sp³-hybridized carbons (Fsp3) is 0.444. The molecule has 1 aliphatic rings. The highest BCUT2D eigenvalue weighted by Crippen LogP contribution is 2.32. The summed E-state index contributed by atoms with van der Waals surface area (Å²) >= 11 is 0. The summed E-state index contributed by atoms with van der Waals surface area (Å²) in [6, 6.07) is 22.4. The van der Waals surface area contributed by atoms with E-state index in [-0.39, 0.29) is 17.4 Å². The van der Waals surface area contributed by atoms with Crippen molar-refractivity contribution in [2.75, 3.05) is 49.5 Å². The Balaban J connectivity index is 1.38. The molecule has 3 unspecified atom stereocenters. The van der Waals surface area contributed by atoms with Gasteiger partial charge >= 0.3 is 6.09 Å². The van der Waals surface area contributed by atoms with Gasteiger partial charge in [0.05, 0.1) is 22.0 Å². The number of sulfone groups is 1. The maximum atomic E-state index is 14.2. The third kappa shape index (κ3) is 8.66. The first-order valence-electron chi connectivity index (χ1n) is 16.8. The van der Waals surface area contributed by atoms with Gasteiger partial charge in [0.2, 0.25) is 5.95 Å². The fourth-order valence-electron chi connectivity index (χ4n) is 6.26. The first-order chi connectivity index (χ1) is 23.0. The van der Waals surface area contributed by atoms with E-state index in [1.54, 1.807) is 49.4 Å². The summed E-state index contributed by atoms with van der Waals surface area (Å²) in [6.45, 7) is 10.2.